The van der Waals surface area contributed by atoms with Gasteiger partial charge in [-0.25, -0.2) is 9.37 Å². The third-order valence-electron chi connectivity index (χ3n) is 4.06. The molecule has 1 aliphatic rings. The molecule has 0 saturated carbocycles. The van der Waals surface area contributed by atoms with Gasteiger partial charge in [0.05, 0.1) is 17.1 Å². The van der Waals surface area contributed by atoms with Gasteiger partial charge in [-0.15, -0.1) is 0 Å². The molecule has 0 spiro atoms. The van der Waals surface area contributed by atoms with E-state index in [2.05, 4.69) is 26.8 Å². The highest BCUT2D eigenvalue weighted by atomic mass is 35.5. The number of benzene rings is 1. The standard InChI is InChI=1S/C18H11ClF4N4O2/c1-8-10-6-9(20)2-3-12(10)28-4-5-29-17-26-11-7-24-15(19)14(18(21,22)23)13(11)16(25-8)27-17/h2-3,6-7H,1,4-5H2,(H,25,26,27). The van der Waals surface area contributed by atoms with E-state index in [0.717, 1.165) is 12.3 Å². The largest absolute Gasteiger partial charge is 0.489 e. The number of hydrogen-bond donors (Lipinski definition) is 1. The Morgan fingerprint density at radius 2 is 1.90 bits per heavy atom. The number of hydrogen-bond acceptors (Lipinski definition) is 6. The molecule has 6 nitrogen and oxygen atoms in total. The van der Waals surface area contributed by atoms with Gasteiger partial charge in [0.2, 0.25) is 0 Å². The van der Waals surface area contributed by atoms with Crippen molar-refractivity contribution in [3.8, 4) is 11.8 Å². The number of ether oxygens (including phenoxy) is 2. The second-order valence-corrected chi connectivity index (χ2v) is 6.34. The van der Waals surface area contributed by atoms with Crippen LogP contribution in [-0.4, -0.2) is 28.2 Å². The molecule has 1 aromatic carbocycles. The number of rotatable bonds is 0. The molecule has 0 radical (unpaired) electrons. The molecule has 2 bridgehead atoms. The number of nitrogens with one attached hydrogen (secondary N) is 1. The lowest BCUT2D eigenvalue weighted by atomic mass is 10.1. The summed E-state index contributed by atoms with van der Waals surface area (Å²) < 4.78 is 65.7. The van der Waals surface area contributed by atoms with Crippen LogP contribution < -0.4 is 14.8 Å². The molecular formula is C18H11ClF4N4O2. The molecule has 1 N–H and O–H groups in total. The van der Waals surface area contributed by atoms with E-state index in [0.29, 0.717) is 0 Å². The van der Waals surface area contributed by atoms with E-state index in [1.54, 1.807) is 0 Å². The first kappa shape index (κ1) is 19.2. The first-order chi connectivity index (χ1) is 13.7. The van der Waals surface area contributed by atoms with Gasteiger partial charge in [0.1, 0.15) is 41.3 Å². The second-order valence-electron chi connectivity index (χ2n) is 5.98. The van der Waals surface area contributed by atoms with Crippen LogP contribution in [0.15, 0.2) is 31.0 Å². The maximum atomic E-state index is 13.8. The van der Waals surface area contributed by atoms with Gasteiger partial charge >= 0.3 is 12.2 Å². The lowest BCUT2D eigenvalue weighted by molar-refractivity contribution is -0.136. The van der Waals surface area contributed by atoms with Crippen LogP contribution in [0, 0.1) is 5.82 Å². The number of nitrogens with zero attached hydrogens (tertiary/aromatic N) is 3. The van der Waals surface area contributed by atoms with Gasteiger partial charge in [-0.2, -0.15) is 23.1 Å². The molecule has 0 amide bonds. The highest BCUT2D eigenvalue weighted by Gasteiger charge is 2.38. The third kappa shape index (κ3) is 3.63. The third-order valence-corrected chi connectivity index (χ3v) is 4.35. The van der Waals surface area contributed by atoms with E-state index in [1.807, 2.05) is 0 Å². The van der Waals surface area contributed by atoms with Crippen LogP contribution >= 0.6 is 11.6 Å². The van der Waals surface area contributed by atoms with Crippen molar-refractivity contribution in [2.24, 2.45) is 0 Å². The zero-order chi connectivity index (χ0) is 20.8. The fourth-order valence-electron chi connectivity index (χ4n) is 2.85. The fraction of sp³-hybridized carbons (Fsp3) is 0.167. The van der Waals surface area contributed by atoms with E-state index < -0.39 is 28.1 Å². The summed E-state index contributed by atoms with van der Waals surface area (Å²) in [5, 5.41) is 1.52. The Balaban J connectivity index is 1.96. The predicted molar refractivity (Wildman–Crippen MR) is 97.4 cm³/mol. The van der Waals surface area contributed by atoms with Crippen molar-refractivity contribution >= 4 is 34.0 Å². The monoisotopic (exact) mass is 426 g/mol. The minimum absolute atomic E-state index is 0.00137. The maximum Gasteiger partial charge on any atom is 0.420 e. The van der Waals surface area contributed by atoms with Gasteiger partial charge in [0.25, 0.3) is 0 Å². The van der Waals surface area contributed by atoms with Crippen LogP contribution in [0.5, 0.6) is 11.8 Å². The summed E-state index contributed by atoms with van der Waals surface area (Å²) >= 11 is 5.73. The van der Waals surface area contributed by atoms with Crippen LogP contribution in [-0.2, 0) is 6.18 Å². The average Bonchev–Trinajstić information content (AvgIpc) is 2.66. The van der Waals surface area contributed by atoms with E-state index in [9.17, 15) is 17.6 Å². The summed E-state index contributed by atoms with van der Waals surface area (Å²) in [6.45, 7) is 3.85. The zero-order valence-corrected chi connectivity index (χ0v) is 15.2. The van der Waals surface area contributed by atoms with Crippen molar-refractivity contribution in [1.29, 1.82) is 0 Å². The van der Waals surface area contributed by atoms with Crippen molar-refractivity contribution in [1.82, 2.24) is 15.0 Å². The number of alkyl halides is 3. The van der Waals surface area contributed by atoms with Crippen molar-refractivity contribution in [3.63, 3.8) is 0 Å². The van der Waals surface area contributed by atoms with Crippen LogP contribution in [0.4, 0.5) is 23.4 Å². The number of fused-ring (bicyclic) bond motifs is 5. The molecule has 0 unspecified atom stereocenters. The molecule has 150 valence electrons. The SMILES string of the molecule is C=C1Nc2nc(nc3cnc(Cl)c(C(F)(F)F)c23)OCCOc2ccc(F)cc21. The Hall–Kier alpha value is -3.14. The lowest BCUT2D eigenvalue weighted by Gasteiger charge is -2.17. The Morgan fingerprint density at radius 3 is 2.66 bits per heavy atom. The smallest absolute Gasteiger partial charge is 0.420 e. The average molecular weight is 427 g/mol. The molecule has 0 atom stereocenters. The molecular weight excluding hydrogens is 416 g/mol. The lowest BCUT2D eigenvalue weighted by Crippen LogP contribution is -2.13. The molecule has 29 heavy (non-hydrogen) atoms. The number of anilines is 1. The Morgan fingerprint density at radius 1 is 1.14 bits per heavy atom. The predicted octanol–water partition coefficient (Wildman–Crippen LogP) is 4.69. The maximum absolute atomic E-state index is 13.8. The quantitative estimate of drug-likeness (QED) is 0.415. The first-order valence-corrected chi connectivity index (χ1v) is 8.56. The molecule has 3 heterocycles. The molecule has 2 aromatic heterocycles. The molecule has 11 heteroatoms. The number of halogens is 5. The summed E-state index contributed by atoms with van der Waals surface area (Å²) in [6, 6.07) is 3.53. The molecule has 4 rings (SSSR count). The summed E-state index contributed by atoms with van der Waals surface area (Å²) in [5.74, 6) is -0.558. The first-order valence-electron chi connectivity index (χ1n) is 8.19. The van der Waals surface area contributed by atoms with Crippen molar-refractivity contribution in [2.75, 3.05) is 18.5 Å². The van der Waals surface area contributed by atoms with Gasteiger partial charge in [0.15, 0.2) is 0 Å². The number of aromatic nitrogens is 3. The summed E-state index contributed by atoms with van der Waals surface area (Å²) in [7, 11) is 0. The van der Waals surface area contributed by atoms with E-state index in [-0.39, 0.29) is 47.6 Å². The molecule has 0 fully saturated rings. The Bertz CT molecular complexity index is 1140. The van der Waals surface area contributed by atoms with Crippen LogP contribution in [0.2, 0.25) is 5.15 Å². The fourth-order valence-corrected chi connectivity index (χ4v) is 3.11. The van der Waals surface area contributed by atoms with Crippen LogP contribution in [0.3, 0.4) is 0 Å². The van der Waals surface area contributed by atoms with Crippen LogP contribution in [0.25, 0.3) is 16.6 Å². The highest BCUT2D eigenvalue weighted by Crippen LogP contribution is 2.42. The second kappa shape index (κ2) is 7.03. The van der Waals surface area contributed by atoms with Gasteiger partial charge in [-0.1, -0.05) is 18.2 Å². The van der Waals surface area contributed by atoms with Crippen molar-refractivity contribution in [2.45, 2.75) is 6.18 Å². The Labute approximate surface area is 166 Å². The van der Waals surface area contributed by atoms with Gasteiger partial charge in [-0.05, 0) is 18.2 Å². The van der Waals surface area contributed by atoms with Crippen molar-refractivity contribution in [3.05, 3.63) is 53.1 Å². The van der Waals surface area contributed by atoms with Gasteiger partial charge in [0, 0.05) is 11.3 Å². The Kier molecular flexibility index (Phi) is 4.65. The van der Waals surface area contributed by atoms with E-state index in [4.69, 9.17) is 21.1 Å². The minimum Gasteiger partial charge on any atom is -0.489 e. The normalized spacial score (nSPS) is 14.3. The van der Waals surface area contributed by atoms with Gasteiger partial charge < -0.3 is 14.8 Å². The van der Waals surface area contributed by atoms with Crippen LogP contribution in [0.1, 0.15) is 11.1 Å². The molecule has 3 aromatic rings. The number of pyridine rings is 1. The molecule has 0 aliphatic carbocycles. The summed E-state index contributed by atoms with van der Waals surface area (Å²) in [5.41, 5.74) is -1.06. The van der Waals surface area contributed by atoms with Crippen molar-refractivity contribution < 1.29 is 27.0 Å². The zero-order valence-electron chi connectivity index (χ0n) is 14.5. The highest BCUT2D eigenvalue weighted by molar-refractivity contribution is 6.31. The summed E-state index contributed by atoms with van der Waals surface area (Å²) in [6.07, 6.45) is -3.74. The van der Waals surface area contributed by atoms with E-state index >= 15 is 0 Å². The van der Waals surface area contributed by atoms with E-state index in [1.165, 1.54) is 12.1 Å². The summed E-state index contributed by atoms with van der Waals surface area (Å²) in [4.78, 5) is 11.6. The molecule has 1 aliphatic heterocycles. The minimum atomic E-state index is -4.83. The molecule has 0 saturated heterocycles. The van der Waals surface area contributed by atoms with Gasteiger partial charge in [-0.3, -0.25) is 0 Å². The topological polar surface area (TPSA) is 69.2 Å².